The van der Waals surface area contributed by atoms with Crippen LogP contribution in [0.3, 0.4) is 0 Å². The summed E-state index contributed by atoms with van der Waals surface area (Å²) in [6.45, 7) is 5.67. The van der Waals surface area contributed by atoms with Crippen LogP contribution in [0.2, 0.25) is 0 Å². The summed E-state index contributed by atoms with van der Waals surface area (Å²) in [6, 6.07) is 3.77. The predicted octanol–water partition coefficient (Wildman–Crippen LogP) is 2.50. The lowest BCUT2D eigenvalue weighted by Gasteiger charge is -2.37. The van der Waals surface area contributed by atoms with Gasteiger partial charge in [-0.1, -0.05) is 12.2 Å². The first kappa shape index (κ1) is 16.8. The van der Waals surface area contributed by atoms with E-state index in [-0.39, 0.29) is 12.2 Å². The van der Waals surface area contributed by atoms with Crippen LogP contribution in [0.25, 0.3) is 0 Å². The molecule has 5 nitrogen and oxygen atoms in total. The number of methoxy groups -OCH3 is 3. The highest BCUT2D eigenvalue weighted by atomic mass is 32.1. The van der Waals surface area contributed by atoms with Crippen LogP contribution >= 0.6 is 12.2 Å². The zero-order chi connectivity index (χ0) is 16.3. The first-order chi connectivity index (χ1) is 10.5. The van der Waals surface area contributed by atoms with Gasteiger partial charge in [-0.3, -0.25) is 0 Å². The Balaban J connectivity index is 2.33. The molecule has 0 N–H and O–H groups in total. The van der Waals surface area contributed by atoms with Crippen molar-refractivity contribution in [2.45, 2.75) is 26.1 Å². The molecule has 0 bridgehead atoms. The maximum Gasteiger partial charge on any atom is 0.203 e. The van der Waals surface area contributed by atoms with Gasteiger partial charge in [0.1, 0.15) is 4.99 Å². The third-order valence-corrected chi connectivity index (χ3v) is 4.11. The SMILES string of the molecule is COc1cc(C(=S)N2C[C@@H](C)O[C@H](C)C2)cc(OC)c1OC. The Morgan fingerprint density at radius 3 is 1.95 bits per heavy atom. The Morgan fingerprint density at radius 2 is 1.55 bits per heavy atom. The number of thiocarbonyl (C=S) groups is 1. The monoisotopic (exact) mass is 325 g/mol. The van der Waals surface area contributed by atoms with Gasteiger partial charge in [-0.2, -0.15) is 0 Å². The zero-order valence-corrected chi connectivity index (χ0v) is 14.5. The lowest BCUT2D eigenvalue weighted by Crippen LogP contribution is -2.47. The molecular weight excluding hydrogens is 302 g/mol. The van der Waals surface area contributed by atoms with E-state index in [1.165, 1.54) is 0 Å². The molecule has 2 rings (SSSR count). The summed E-state index contributed by atoms with van der Waals surface area (Å²) in [5, 5.41) is 0. The van der Waals surface area contributed by atoms with Gasteiger partial charge < -0.3 is 23.8 Å². The van der Waals surface area contributed by atoms with Gasteiger partial charge in [0.15, 0.2) is 11.5 Å². The van der Waals surface area contributed by atoms with Crippen LogP contribution in [0.15, 0.2) is 12.1 Å². The van der Waals surface area contributed by atoms with Crippen LogP contribution < -0.4 is 14.2 Å². The van der Waals surface area contributed by atoms with E-state index in [1.807, 2.05) is 12.1 Å². The number of benzene rings is 1. The molecule has 0 aliphatic carbocycles. The van der Waals surface area contributed by atoms with Crippen molar-refractivity contribution in [1.82, 2.24) is 4.90 Å². The molecule has 0 amide bonds. The maximum absolute atomic E-state index is 5.76. The standard InChI is InChI=1S/C16H23NO4S/c1-10-8-17(9-11(2)21-10)16(22)12-6-13(18-3)15(20-5)14(7-12)19-4/h6-7,10-11H,8-9H2,1-5H3/t10-,11-/m1/s1. The first-order valence-electron chi connectivity index (χ1n) is 7.24. The Hall–Kier alpha value is -1.53. The molecule has 0 radical (unpaired) electrons. The fraction of sp³-hybridized carbons (Fsp3) is 0.562. The maximum atomic E-state index is 5.76. The summed E-state index contributed by atoms with van der Waals surface area (Å²) < 4.78 is 21.9. The largest absolute Gasteiger partial charge is 0.493 e. The van der Waals surface area contributed by atoms with Gasteiger partial charge in [-0.15, -0.1) is 0 Å². The highest BCUT2D eigenvalue weighted by molar-refractivity contribution is 7.80. The van der Waals surface area contributed by atoms with Crippen LogP contribution in [0.4, 0.5) is 0 Å². The molecule has 1 aliphatic rings. The van der Waals surface area contributed by atoms with Crippen molar-refractivity contribution in [2.75, 3.05) is 34.4 Å². The molecule has 1 aromatic carbocycles. The van der Waals surface area contributed by atoms with Gasteiger partial charge in [0, 0.05) is 18.7 Å². The molecule has 0 spiro atoms. The molecule has 6 heteroatoms. The van der Waals surface area contributed by atoms with Crippen molar-refractivity contribution in [1.29, 1.82) is 0 Å². The van der Waals surface area contributed by atoms with Crippen LogP contribution in [-0.2, 0) is 4.74 Å². The van der Waals surface area contributed by atoms with E-state index in [4.69, 9.17) is 31.2 Å². The van der Waals surface area contributed by atoms with Crippen LogP contribution in [-0.4, -0.2) is 56.5 Å². The summed E-state index contributed by atoms with van der Waals surface area (Å²) >= 11 is 5.66. The molecule has 22 heavy (non-hydrogen) atoms. The molecule has 1 heterocycles. The third kappa shape index (κ3) is 3.44. The van der Waals surface area contributed by atoms with E-state index in [2.05, 4.69) is 18.7 Å². The van der Waals surface area contributed by atoms with Gasteiger partial charge in [-0.05, 0) is 26.0 Å². The molecule has 0 saturated carbocycles. The number of ether oxygens (including phenoxy) is 4. The molecule has 122 valence electrons. The lowest BCUT2D eigenvalue weighted by atomic mass is 10.1. The minimum Gasteiger partial charge on any atom is -0.493 e. The topological polar surface area (TPSA) is 40.2 Å². The quantitative estimate of drug-likeness (QED) is 0.792. The van der Waals surface area contributed by atoms with Gasteiger partial charge >= 0.3 is 0 Å². The second-order valence-electron chi connectivity index (χ2n) is 5.38. The Kier molecular flexibility index (Phi) is 5.47. The summed E-state index contributed by atoms with van der Waals surface area (Å²) in [7, 11) is 4.79. The van der Waals surface area contributed by atoms with Crippen molar-refractivity contribution >= 4 is 17.2 Å². The average molecular weight is 325 g/mol. The average Bonchev–Trinajstić information content (AvgIpc) is 2.51. The predicted molar refractivity (Wildman–Crippen MR) is 89.4 cm³/mol. The number of nitrogens with zero attached hydrogens (tertiary/aromatic N) is 1. The number of hydrogen-bond acceptors (Lipinski definition) is 5. The molecule has 2 atom stereocenters. The fourth-order valence-electron chi connectivity index (χ4n) is 2.73. The van der Waals surface area contributed by atoms with Crippen LogP contribution in [0.5, 0.6) is 17.2 Å². The highest BCUT2D eigenvalue weighted by Crippen LogP contribution is 2.38. The van der Waals surface area contributed by atoms with Crippen molar-refractivity contribution < 1.29 is 18.9 Å². The zero-order valence-electron chi connectivity index (χ0n) is 13.7. The third-order valence-electron chi connectivity index (χ3n) is 3.62. The molecule has 1 fully saturated rings. The van der Waals surface area contributed by atoms with Crippen molar-refractivity contribution in [3.05, 3.63) is 17.7 Å². The minimum atomic E-state index is 0.156. The minimum absolute atomic E-state index is 0.156. The van der Waals surface area contributed by atoms with E-state index in [9.17, 15) is 0 Å². The van der Waals surface area contributed by atoms with E-state index in [0.717, 1.165) is 23.6 Å². The van der Waals surface area contributed by atoms with Gasteiger partial charge in [0.2, 0.25) is 5.75 Å². The number of morpholine rings is 1. The first-order valence-corrected chi connectivity index (χ1v) is 7.65. The second-order valence-corrected chi connectivity index (χ2v) is 5.77. The second kappa shape index (κ2) is 7.15. The van der Waals surface area contributed by atoms with E-state index in [0.29, 0.717) is 17.2 Å². The van der Waals surface area contributed by atoms with E-state index >= 15 is 0 Å². The normalized spacial score (nSPS) is 21.4. The van der Waals surface area contributed by atoms with Crippen LogP contribution in [0, 0.1) is 0 Å². The van der Waals surface area contributed by atoms with Gasteiger partial charge in [0.25, 0.3) is 0 Å². The smallest absolute Gasteiger partial charge is 0.203 e. The van der Waals surface area contributed by atoms with Crippen molar-refractivity contribution in [3.63, 3.8) is 0 Å². The molecule has 1 aromatic rings. The van der Waals surface area contributed by atoms with Crippen LogP contribution in [0.1, 0.15) is 19.4 Å². The fourth-order valence-corrected chi connectivity index (χ4v) is 3.00. The highest BCUT2D eigenvalue weighted by Gasteiger charge is 2.26. The number of rotatable bonds is 4. The Bertz CT molecular complexity index is 514. The van der Waals surface area contributed by atoms with Gasteiger partial charge in [0.05, 0.1) is 33.5 Å². The molecule has 0 unspecified atom stereocenters. The molecule has 1 saturated heterocycles. The van der Waals surface area contributed by atoms with E-state index in [1.54, 1.807) is 21.3 Å². The Labute approximate surface area is 137 Å². The molecular formula is C16H23NO4S. The van der Waals surface area contributed by atoms with Gasteiger partial charge in [-0.25, -0.2) is 0 Å². The molecule has 0 aromatic heterocycles. The molecule has 1 aliphatic heterocycles. The summed E-state index contributed by atoms with van der Waals surface area (Å²) in [4.78, 5) is 2.93. The lowest BCUT2D eigenvalue weighted by molar-refractivity contribution is -0.0472. The summed E-state index contributed by atoms with van der Waals surface area (Å²) in [5.41, 5.74) is 0.880. The number of hydrogen-bond donors (Lipinski definition) is 0. The van der Waals surface area contributed by atoms with Crippen molar-refractivity contribution in [3.8, 4) is 17.2 Å². The summed E-state index contributed by atoms with van der Waals surface area (Å²) in [6.07, 6.45) is 0.312. The summed E-state index contributed by atoms with van der Waals surface area (Å²) in [5.74, 6) is 1.78. The van der Waals surface area contributed by atoms with E-state index < -0.39 is 0 Å². The van der Waals surface area contributed by atoms with Crippen molar-refractivity contribution in [2.24, 2.45) is 0 Å². The Morgan fingerprint density at radius 1 is 1.05 bits per heavy atom.